The van der Waals surface area contributed by atoms with Crippen molar-refractivity contribution in [2.24, 2.45) is 11.8 Å². The molecular weight excluding hydrogens is 351 g/mol. The second kappa shape index (κ2) is 7.48. The van der Waals surface area contributed by atoms with E-state index in [-0.39, 0.29) is 17.9 Å². The lowest BCUT2D eigenvalue weighted by molar-refractivity contribution is -0.0372. The molecular formula is C17H22Cl2N2O3. The Kier molecular flexibility index (Phi) is 5.55. The van der Waals surface area contributed by atoms with Gasteiger partial charge in [-0.05, 0) is 48.8 Å². The number of benzene rings is 1. The van der Waals surface area contributed by atoms with Crippen molar-refractivity contribution in [2.45, 2.75) is 31.5 Å². The number of urea groups is 1. The Morgan fingerprint density at radius 2 is 1.79 bits per heavy atom. The zero-order valence-electron chi connectivity index (χ0n) is 13.3. The maximum absolute atomic E-state index is 12.3. The summed E-state index contributed by atoms with van der Waals surface area (Å²) in [5.74, 6) is 0.555. The van der Waals surface area contributed by atoms with Crippen LogP contribution in [0.4, 0.5) is 4.79 Å². The van der Waals surface area contributed by atoms with E-state index in [1.807, 2.05) is 6.07 Å². The summed E-state index contributed by atoms with van der Waals surface area (Å²) in [5, 5.41) is 23.7. The molecule has 7 heteroatoms. The van der Waals surface area contributed by atoms with E-state index >= 15 is 0 Å². The summed E-state index contributed by atoms with van der Waals surface area (Å²) in [5.41, 5.74) is 0.947. The minimum Gasteiger partial charge on any atom is -0.390 e. The average Bonchev–Trinajstić information content (AvgIpc) is 2.92. The first-order valence-corrected chi connectivity index (χ1v) is 9.02. The first-order chi connectivity index (χ1) is 11.4. The van der Waals surface area contributed by atoms with E-state index in [9.17, 15) is 15.0 Å². The largest absolute Gasteiger partial charge is 0.390 e. The van der Waals surface area contributed by atoms with Gasteiger partial charge >= 0.3 is 6.03 Å². The number of hydrogen-bond donors (Lipinski definition) is 3. The number of amides is 2. The molecule has 1 aliphatic heterocycles. The highest BCUT2D eigenvalue weighted by Gasteiger charge is 2.42. The van der Waals surface area contributed by atoms with Crippen molar-refractivity contribution < 1.29 is 15.0 Å². The van der Waals surface area contributed by atoms with Crippen molar-refractivity contribution >= 4 is 29.2 Å². The van der Waals surface area contributed by atoms with Crippen LogP contribution >= 0.6 is 23.2 Å². The van der Waals surface area contributed by atoms with Gasteiger partial charge in [0.25, 0.3) is 0 Å². The summed E-state index contributed by atoms with van der Waals surface area (Å²) in [4.78, 5) is 14.1. The molecule has 0 spiro atoms. The van der Waals surface area contributed by atoms with Gasteiger partial charge in [0.05, 0.1) is 12.2 Å². The highest BCUT2D eigenvalue weighted by molar-refractivity contribution is 6.35. The van der Waals surface area contributed by atoms with Crippen molar-refractivity contribution in [3.8, 4) is 0 Å². The average molecular weight is 373 g/mol. The lowest BCUT2D eigenvalue weighted by atomic mass is 9.79. The molecule has 2 amide bonds. The number of nitrogens with zero attached hydrogens (tertiary/aromatic N) is 1. The Balaban J connectivity index is 1.48. The molecule has 2 fully saturated rings. The standard InChI is InChI=1S/C17H22Cl2N2O3/c18-13-2-1-10(14(19)7-13)3-4-20-17(24)21-8-11-5-15(22)16(23)6-12(11)9-21/h1-2,7,11-12,15-16,22-23H,3-6,8-9H2,(H,20,24). The summed E-state index contributed by atoms with van der Waals surface area (Å²) in [6.07, 6.45) is 0.439. The molecule has 1 aromatic rings. The Labute approximate surface area is 151 Å². The van der Waals surface area contributed by atoms with E-state index in [2.05, 4.69) is 5.32 Å². The normalized spacial score (nSPS) is 29.4. The third-order valence-electron chi connectivity index (χ3n) is 5.08. The highest BCUT2D eigenvalue weighted by Crippen LogP contribution is 2.36. The van der Waals surface area contributed by atoms with Gasteiger partial charge in [-0.25, -0.2) is 4.79 Å². The number of rotatable bonds is 3. The molecule has 4 unspecified atom stereocenters. The van der Waals surface area contributed by atoms with Gasteiger partial charge in [-0.3, -0.25) is 0 Å². The monoisotopic (exact) mass is 372 g/mol. The number of hydrogen-bond acceptors (Lipinski definition) is 3. The molecule has 1 saturated heterocycles. The summed E-state index contributed by atoms with van der Waals surface area (Å²) in [6, 6.07) is 5.25. The van der Waals surface area contributed by atoms with Gasteiger partial charge in [-0.2, -0.15) is 0 Å². The van der Waals surface area contributed by atoms with Crippen LogP contribution in [0.25, 0.3) is 0 Å². The van der Waals surface area contributed by atoms with Crippen LogP contribution < -0.4 is 5.32 Å². The number of halogens is 2. The smallest absolute Gasteiger partial charge is 0.317 e. The number of likely N-dealkylation sites (tertiary alicyclic amines) is 1. The quantitative estimate of drug-likeness (QED) is 0.762. The van der Waals surface area contributed by atoms with Crippen LogP contribution in [0.1, 0.15) is 18.4 Å². The molecule has 0 aromatic heterocycles. The van der Waals surface area contributed by atoms with Crippen LogP contribution in [0.3, 0.4) is 0 Å². The number of aliphatic hydroxyl groups excluding tert-OH is 2. The maximum Gasteiger partial charge on any atom is 0.317 e. The molecule has 1 saturated carbocycles. The molecule has 24 heavy (non-hydrogen) atoms. The molecule has 0 radical (unpaired) electrons. The topological polar surface area (TPSA) is 72.8 Å². The highest BCUT2D eigenvalue weighted by atomic mass is 35.5. The van der Waals surface area contributed by atoms with Gasteiger partial charge in [0.2, 0.25) is 0 Å². The molecule has 132 valence electrons. The van der Waals surface area contributed by atoms with Crippen LogP contribution in [0.2, 0.25) is 10.0 Å². The molecule has 4 atom stereocenters. The third kappa shape index (κ3) is 3.97. The van der Waals surface area contributed by atoms with Crippen molar-refractivity contribution in [1.29, 1.82) is 0 Å². The molecule has 2 aliphatic rings. The molecule has 5 nitrogen and oxygen atoms in total. The minimum absolute atomic E-state index is 0.0986. The molecule has 1 aromatic carbocycles. The molecule has 3 rings (SSSR count). The Morgan fingerprint density at radius 1 is 1.17 bits per heavy atom. The Morgan fingerprint density at radius 3 is 2.38 bits per heavy atom. The third-order valence-corrected chi connectivity index (χ3v) is 5.67. The SMILES string of the molecule is O=C(NCCc1ccc(Cl)cc1Cl)N1CC2CC(O)C(O)CC2C1. The van der Waals surface area contributed by atoms with E-state index in [1.165, 1.54) is 0 Å². The molecule has 0 bridgehead atoms. The van der Waals surface area contributed by atoms with Gasteiger partial charge in [0, 0.05) is 29.7 Å². The van der Waals surface area contributed by atoms with Gasteiger partial charge in [0.15, 0.2) is 0 Å². The predicted octanol–water partition coefficient (Wildman–Crippen LogP) is 2.31. The number of fused-ring (bicyclic) bond motifs is 1. The lowest BCUT2D eigenvalue weighted by Gasteiger charge is -2.31. The van der Waals surface area contributed by atoms with E-state index < -0.39 is 12.2 Å². The van der Waals surface area contributed by atoms with E-state index in [1.54, 1.807) is 17.0 Å². The lowest BCUT2D eigenvalue weighted by Crippen LogP contribution is -2.39. The van der Waals surface area contributed by atoms with Crippen LogP contribution in [-0.2, 0) is 6.42 Å². The molecule has 1 aliphatic carbocycles. The van der Waals surface area contributed by atoms with Crippen LogP contribution in [0, 0.1) is 11.8 Å². The molecule has 1 heterocycles. The predicted molar refractivity (Wildman–Crippen MR) is 93.4 cm³/mol. The maximum atomic E-state index is 12.3. The number of aliphatic hydroxyl groups is 2. The van der Waals surface area contributed by atoms with E-state index in [4.69, 9.17) is 23.2 Å². The first-order valence-electron chi connectivity index (χ1n) is 8.27. The second-order valence-electron chi connectivity index (χ2n) is 6.75. The first kappa shape index (κ1) is 17.8. The number of carbonyl (C=O) groups excluding carboxylic acids is 1. The summed E-state index contributed by atoms with van der Waals surface area (Å²) in [7, 11) is 0. The summed E-state index contributed by atoms with van der Waals surface area (Å²) >= 11 is 12.0. The molecule has 3 N–H and O–H groups in total. The zero-order valence-corrected chi connectivity index (χ0v) is 14.8. The fraction of sp³-hybridized carbons (Fsp3) is 0.588. The second-order valence-corrected chi connectivity index (χ2v) is 7.59. The Hall–Kier alpha value is -1.01. The fourth-order valence-electron chi connectivity index (χ4n) is 3.71. The van der Waals surface area contributed by atoms with Gasteiger partial charge in [0.1, 0.15) is 0 Å². The van der Waals surface area contributed by atoms with Crippen LogP contribution in [0.15, 0.2) is 18.2 Å². The minimum atomic E-state index is -0.665. The van der Waals surface area contributed by atoms with Crippen molar-refractivity contribution in [3.63, 3.8) is 0 Å². The van der Waals surface area contributed by atoms with Gasteiger partial charge < -0.3 is 20.4 Å². The van der Waals surface area contributed by atoms with E-state index in [0.717, 1.165) is 5.56 Å². The van der Waals surface area contributed by atoms with Gasteiger partial charge in [-0.1, -0.05) is 29.3 Å². The van der Waals surface area contributed by atoms with Crippen LogP contribution in [0.5, 0.6) is 0 Å². The number of nitrogens with one attached hydrogen (secondary N) is 1. The van der Waals surface area contributed by atoms with E-state index in [0.29, 0.717) is 48.9 Å². The fourth-order valence-corrected chi connectivity index (χ4v) is 4.22. The van der Waals surface area contributed by atoms with Crippen LogP contribution in [-0.4, -0.2) is 53.0 Å². The van der Waals surface area contributed by atoms with Crippen molar-refractivity contribution in [3.05, 3.63) is 33.8 Å². The van der Waals surface area contributed by atoms with Crippen molar-refractivity contribution in [2.75, 3.05) is 19.6 Å². The summed E-state index contributed by atoms with van der Waals surface area (Å²) < 4.78 is 0. The Bertz CT molecular complexity index is 595. The summed E-state index contributed by atoms with van der Waals surface area (Å²) in [6.45, 7) is 1.78. The zero-order chi connectivity index (χ0) is 17.3. The van der Waals surface area contributed by atoms with Crippen molar-refractivity contribution in [1.82, 2.24) is 10.2 Å². The number of carbonyl (C=O) groups is 1. The van der Waals surface area contributed by atoms with Gasteiger partial charge in [-0.15, -0.1) is 0 Å².